The van der Waals surface area contributed by atoms with Crippen molar-refractivity contribution in [2.75, 3.05) is 11.5 Å². The topological polar surface area (TPSA) is 234 Å². The first-order valence-electron chi connectivity index (χ1n) is 14.6. The van der Waals surface area contributed by atoms with Crippen LogP contribution < -0.4 is 11.5 Å². The first-order valence-corrected chi connectivity index (χ1v) is 14.6. The fourth-order valence-corrected chi connectivity index (χ4v) is 5.05. The number of furan rings is 2. The molecule has 19 heteroatoms. The molecule has 0 aliphatic rings. The molecule has 50 heavy (non-hydrogen) atoms. The molecule has 8 rings (SSSR count). The van der Waals surface area contributed by atoms with E-state index in [-0.39, 0.29) is 36.2 Å². The second-order valence-corrected chi connectivity index (χ2v) is 10.7. The summed E-state index contributed by atoms with van der Waals surface area (Å²) in [4.78, 5) is 27.1. The maximum absolute atomic E-state index is 13.9. The minimum atomic E-state index is -0.936. The normalized spacial score (nSPS) is 11.2. The lowest BCUT2D eigenvalue weighted by molar-refractivity contribution is -0.384. The number of nitrogens with zero attached hydrogens (tertiary/aromatic N) is 11. The molecule has 0 aliphatic carbocycles. The van der Waals surface area contributed by atoms with Crippen LogP contribution in [0.3, 0.4) is 0 Å². The molecule has 0 unspecified atom stereocenters. The molecule has 2 aromatic carbocycles. The number of benzene rings is 2. The van der Waals surface area contributed by atoms with Crippen LogP contribution in [0, 0.1) is 28.7 Å². The molecule has 0 aliphatic heterocycles. The van der Waals surface area contributed by atoms with Gasteiger partial charge in [0.25, 0.3) is 5.69 Å². The summed E-state index contributed by atoms with van der Waals surface area (Å²) in [5.41, 5.74) is 14.8. The number of nitrogen functional groups attached to an aromatic ring is 2. The van der Waals surface area contributed by atoms with Crippen molar-refractivity contribution < 1.29 is 22.5 Å². The van der Waals surface area contributed by atoms with Crippen molar-refractivity contribution in [2.45, 2.75) is 20.0 Å². The van der Waals surface area contributed by atoms with Crippen LogP contribution in [0.25, 0.3) is 45.2 Å². The van der Waals surface area contributed by atoms with E-state index in [9.17, 15) is 18.9 Å². The molecule has 0 atom stereocenters. The van der Waals surface area contributed by atoms with Crippen LogP contribution in [0.2, 0.25) is 0 Å². The van der Waals surface area contributed by atoms with E-state index in [2.05, 4.69) is 40.6 Å². The van der Waals surface area contributed by atoms with Crippen molar-refractivity contribution >= 4 is 39.9 Å². The lowest BCUT2D eigenvalue weighted by Gasteiger charge is -2.05. The van der Waals surface area contributed by atoms with Crippen molar-refractivity contribution in [1.82, 2.24) is 49.9 Å². The third kappa shape index (κ3) is 6.12. The summed E-state index contributed by atoms with van der Waals surface area (Å²) in [5.74, 6) is -0.102. The van der Waals surface area contributed by atoms with Gasteiger partial charge < -0.3 is 20.3 Å². The number of nitrogens with two attached hydrogens (primary N) is 2. The molecule has 8 aromatic rings. The summed E-state index contributed by atoms with van der Waals surface area (Å²) in [7, 11) is 0. The third-order valence-corrected chi connectivity index (χ3v) is 7.29. The van der Waals surface area contributed by atoms with E-state index in [4.69, 9.17) is 20.3 Å². The Balaban J connectivity index is 0.000000157. The molecule has 17 nitrogen and oxygen atoms in total. The summed E-state index contributed by atoms with van der Waals surface area (Å²) < 4.78 is 41.0. The van der Waals surface area contributed by atoms with E-state index in [0.29, 0.717) is 50.8 Å². The van der Waals surface area contributed by atoms with Gasteiger partial charge >= 0.3 is 0 Å². The number of aryl methyl sites for hydroxylation is 1. The van der Waals surface area contributed by atoms with Crippen LogP contribution in [0.1, 0.15) is 16.9 Å². The molecule has 0 amide bonds. The van der Waals surface area contributed by atoms with Gasteiger partial charge in [-0.15, -0.1) is 10.2 Å². The summed E-state index contributed by atoms with van der Waals surface area (Å²) in [6.45, 7) is 2.03. The van der Waals surface area contributed by atoms with E-state index >= 15 is 0 Å². The van der Waals surface area contributed by atoms with Gasteiger partial charge in [-0.05, 0) is 42.8 Å². The molecule has 0 radical (unpaired) electrons. The monoisotopic (exact) mass is 679 g/mol. The SMILES string of the molecule is Cc1ccc(-c2nc(N)nc3c2nnn3Cc2cccc([N+](=O)[O-])c2)o1.Nc1nc(-c2ccco2)c2nnn(Cc3cccc(F)c3F)c2n1. The Hall–Kier alpha value is -7.18. The first-order chi connectivity index (χ1) is 24.1. The van der Waals surface area contributed by atoms with E-state index in [1.54, 1.807) is 30.3 Å². The number of halogens is 2. The van der Waals surface area contributed by atoms with Gasteiger partial charge in [-0.2, -0.15) is 9.97 Å². The zero-order valence-electron chi connectivity index (χ0n) is 25.8. The van der Waals surface area contributed by atoms with Gasteiger partial charge in [0.15, 0.2) is 45.5 Å². The minimum absolute atomic E-state index is 0.00263. The first kappa shape index (κ1) is 31.4. The molecule has 0 bridgehead atoms. The van der Waals surface area contributed by atoms with Gasteiger partial charge in [-0.1, -0.05) is 34.7 Å². The molecule has 0 saturated carbocycles. The van der Waals surface area contributed by atoms with Crippen molar-refractivity contribution in [2.24, 2.45) is 0 Å². The van der Waals surface area contributed by atoms with Gasteiger partial charge in [0.1, 0.15) is 17.1 Å². The molecule has 250 valence electrons. The highest BCUT2D eigenvalue weighted by molar-refractivity contribution is 5.86. The number of fused-ring (bicyclic) bond motifs is 2. The predicted octanol–water partition coefficient (Wildman–Crippen LogP) is 4.72. The van der Waals surface area contributed by atoms with E-state index in [1.165, 1.54) is 39.9 Å². The van der Waals surface area contributed by atoms with Gasteiger partial charge in [0.2, 0.25) is 11.9 Å². The number of hydrogen-bond acceptors (Lipinski definition) is 14. The zero-order valence-corrected chi connectivity index (χ0v) is 25.8. The van der Waals surface area contributed by atoms with E-state index in [1.807, 2.05) is 13.0 Å². The Kier molecular flexibility index (Phi) is 8.04. The van der Waals surface area contributed by atoms with Gasteiger partial charge in [-0.3, -0.25) is 10.1 Å². The van der Waals surface area contributed by atoms with Crippen LogP contribution in [0.4, 0.5) is 26.4 Å². The number of nitro groups is 1. The lowest BCUT2D eigenvalue weighted by atomic mass is 10.2. The molecule has 4 N–H and O–H groups in total. The van der Waals surface area contributed by atoms with Crippen LogP contribution >= 0.6 is 0 Å². The van der Waals surface area contributed by atoms with Gasteiger partial charge in [0.05, 0.1) is 24.3 Å². The average Bonchev–Trinajstić information content (AvgIpc) is 3.92. The zero-order chi connectivity index (χ0) is 34.9. The maximum Gasteiger partial charge on any atom is 0.269 e. The number of hydrogen-bond donors (Lipinski definition) is 2. The Morgan fingerprint density at radius 3 is 2.08 bits per heavy atom. The highest BCUT2D eigenvalue weighted by atomic mass is 19.2. The minimum Gasteiger partial charge on any atom is -0.463 e. The summed E-state index contributed by atoms with van der Waals surface area (Å²) in [6.07, 6.45) is 1.49. The van der Waals surface area contributed by atoms with Crippen LogP contribution in [-0.4, -0.2) is 54.8 Å². The Labute approximate surface area is 278 Å². The Morgan fingerprint density at radius 2 is 1.46 bits per heavy atom. The second kappa shape index (κ2) is 12.8. The van der Waals surface area contributed by atoms with Crippen LogP contribution in [0.15, 0.2) is 81.8 Å². The van der Waals surface area contributed by atoms with E-state index in [0.717, 1.165) is 11.8 Å². The van der Waals surface area contributed by atoms with E-state index < -0.39 is 16.6 Å². The summed E-state index contributed by atoms with van der Waals surface area (Å²) in [5, 5.41) is 27.1. The molecule has 6 aromatic heterocycles. The van der Waals surface area contributed by atoms with Crippen molar-refractivity contribution in [1.29, 1.82) is 0 Å². The summed E-state index contributed by atoms with van der Waals surface area (Å²) >= 11 is 0. The van der Waals surface area contributed by atoms with Gasteiger partial charge in [-0.25, -0.2) is 28.1 Å². The average molecular weight is 680 g/mol. The second-order valence-electron chi connectivity index (χ2n) is 10.7. The quantitative estimate of drug-likeness (QED) is 0.171. The molecular formula is C31H23F2N13O4. The fourth-order valence-electron chi connectivity index (χ4n) is 5.05. The van der Waals surface area contributed by atoms with Crippen molar-refractivity contribution in [3.05, 3.63) is 112 Å². The molecule has 0 spiro atoms. The molecule has 0 fully saturated rings. The number of nitro benzene ring substituents is 1. The molecular weight excluding hydrogens is 656 g/mol. The van der Waals surface area contributed by atoms with Crippen LogP contribution in [0.5, 0.6) is 0 Å². The summed E-state index contributed by atoms with van der Waals surface area (Å²) in [6, 6.07) is 17.2. The Morgan fingerprint density at radius 1 is 0.800 bits per heavy atom. The molecule has 6 heterocycles. The number of rotatable bonds is 7. The van der Waals surface area contributed by atoms with Crippen molar-refractivity contribution in [3.63, 3.8) is 0 Å². The lowest BCUT2D eigenvalue weighted by Crippen LogP contribution is -2.07. The number of anilines is 2. The van der Waals surface area contributed by atoms with Crippen molar-refractivity contribution in [3.8, 4) is 22.9 Å². The highest BCUT2D eigenvalue weighted by Crippen LogP contribution is 2.28. The standard InChI is InChI=1S/C16H13N7O3.C15H10F2N6O/c1-9-5-6-12(26-9)13-14-15(19-16(17)18-13)22(21-20-14)8-10-3-2-4-11(7-10)23(24)25;16-9-4-1-3-8(11(9)17)7-23-14-13(21-22-23)12(19-15(18)20-14)10-5-2-6-24-10/h2-7H,8H2,1H3,(H2,17,18,19);1-6H,7H2,(H2,18,19,20). The molecule has 0 saturated heterocycles. The highest BCUT2D eigenvalue weighted by Gasteiger charge is 2.20. The van der Waals surface area contributed by atoms with Crippen LogP contribution in [-0.2, 0) is 13.1 Å². The smallest absolute Gasteiger partial charge is 0.269 e. The number of non-ortho nitro benzene ring substituents is 1. The fraction of sp³-hybridized carbons (Fsp3) is 0.0968. The largest absolute Gasteiger partial charge is 0.463 e. The third-order valence-electron chi connectivity index (χ3n) is 7.29. The Bertz CT molecular complexity index is 2510. The maximum atomic E-state index is 13.9. The predicted molar refractivity (Wildman–Crippen MR) is 173 cm³/mol. The number of aromatic nitrogens is 10. The van der Waals surface area contributed by atoms with Gasteiger partial charge in [0, 0.05) is 17.7 Å².